The molecule has 0 aromatic heterocycles. The Morgan fingerprint density at radius 1 is 1.00 bits per heavy atom. The van der Waals surface area contributed by atoms with Gasteiger partial charge < -0.3 is 25.5 Å². The molecule has 0 saturated heterocycles. The SMILES string of the molecule is CCCCOS(=O)(=O)OC[C@H](O)[C@@H](O)[C@H](O)[C@H](O)CO. The van der Waals surface area contributed by atoms with E-state index in [1.165, 1.54) is 0 Å². The predicted octanol–water partition coefficient (Wildman–Crippen LogP) is -2.50. The maximum atomic E-state index is 11.2. The lowest BCUT2D eigenvalue weighted by atomic mass is 10.0. The van der Waals surface area contributed by atoms with Crippen LogP contribution in [0.15, 0.2) is 0 Å². The van der Waals surface area contributed by atoms with Gasteiger partial charge in [-0.3, -0.25) is 0 Å². The molecule has 0 unspecified atom stereocenters. The van der Waals surface area contributed by atoms with E-state index in [2.05, 4.69) is 8.37 Å². The van der Waals surface area contributed by atoms with E-state index in [1.807, 2.05) is 6.92 Å². The number of hydrogen-bond donors (Lipinski definition) is 5. The summed E-state index contributed by atoms with van der Waals surface area (Å²) in [5, 5.41) is 45.8. The van der Waals surface area contributed by atoms with Gasteiger partial charge in [0.05, 0.1) is 19.8 Å². The van der Waals surface area contributed by atoms with Crippen LogP contribution in [0.25, 0.3) is 0 Å². The standard InChI is InChI=1S/C10H22O9S/c1-2-3-4-18-20(16,17)19-6-8(13)10(15)9(14)7(12)5-11/h7-15H,2-6H2,1H3/t7-,8+,9-,10-/m1/s1. The minimum Gasteiger partial charge on any atom is -0.394 e. The molecular weight excluding hydrogens is 296 g/mol. The summed E-state index contributed by atoms with van der Waals surface area (Å²) >= 11 is 0. The summed E-state index contributed by atoms with van der Waals surface area (Å²) in [6, 6.07) is 0. The van der Waals surface area contributed by atoms with Gasteiger partial charge in [0, 0.05) is 0 Å². The van der Waals surface area contributed by atoms with Gasteiger partial charge in [-0.05, 0) is 6.42 Å². The van der Waals surface area contributed by atoms with E-state index in [0.717, 1.165) is 6.42 Å². The van der Waals surface area contributed by atoms with Crippen molar-refractivity contribution in [2.45, 2.75) is 44.2 Å². The largest absolute Gasteiger partial charge is 0.399 e. The number of rotatable bonds is 11. The van der Waals surface area contributed by atoms with E-state index in [1.54, 1.807) is 0 Å². The molecule has 0 aromatic rings. The third-order valence-corrected chi connectivity index (χ3v) is 3.31. The first-order chi connectivity index (χ1) is 9.25. The van der Waals surface area contributed by atoms with E-state index in [0.29, 0.717) is 6.42 Å². The molecule has 0 amide bonds. The molecule has 0 fully saturated rings. The van der Waals surface area contributed by atoms with E-state index in [4.69, 9.17) is 10.2 Å². The number of aliphatic hydroxyl groups is 5. The Hall–Kier alpha value is -0.330. The van der Waals surface area contributed by atoms with Gasteiger partial charge in [-0.25, -0.2) is 8.37 Å². The molecule has 20 heavy (non-hydrogen) atoms. The fourth-order valence-electron chi connectivity index (χ4n) is 1.15. The molecule has 9 nitrogen and oxygen atoms in total. The van der Waals surface area contributed by atoms with E-state index < -0.39 is 48.0 Å². The van der Waals surface area contributed by atoms with Gasteiger partial charge in [0.1, 0.15) is 24.4 Å². The molecule has 0 aliphatic rings. The quantitative estimate of drug-likeness (QED) is 0.260. The Balaban J connectivity index is 4.23. The lowest BCUT2D eigenvalue weighted by Gasteiger charge is -2.25. The molecule has 0 radical (unpaired) electrons. The molecule has 0 bridgehead atoms. The normalized spacial score (nSPS) is 18.5. The smallest absolute Gasteiger partial charge is 0.394 e. The van der Waals surface area contributed by atoms with Gasteiger partial charge in [0.2, 0.25) is 0 Å². The van der Waals surface area contributed by atoms with Crippen molar-refractivity contribution in [3.8, 4) is 0 Å². The average Bonchev–Trinajstić information content (AvgIpc) is 2.42. The van der Waals surface area contributed by atoms with Crippen LogP contribution < -0.4 is 0 Å². The lowest BCUT2D eigenvalue weighted by molar-refractivity contribution is -0.121. The Labute approximate surface area is 117 Å². The van der Waals surface area contributed by atoms with Crippen molar-refractivity contribution >= 4 is 10.4 Å². The van der Waals surface area contributed by atoms with Crippen LogP contribution >= 0.6 is 0 Å². The summed E-state index contributed by atoms with van der Waals surface area (Å²) in [6.07, 6.45) is -5.95. The maximum absolute atomic E-state index is 11.2. The van der Waals surface area contributed by atoms with E-state index in [-0.39, 0.29) is 6.61 Å². The molecule has 0 aliphatic carbocycles. The zero-order valence-corrected chi connectivity index (χ0v) is 11.9. The van der Waals surface area contributed by atoms with Crippen LogP contribution in [0.3, 0.4) is 0 Å². The second-order valence-corrected chi connectivity index (χ2v) is 5.45. The van der Waals surface area contributed by atoms with Gasteiger partial charge >= 0.3 is 10.4 Å². The summed E-state index contributed by atoms with van der Waals surface area (Å²) in [5.41, 5.74) is 0. The Morgan fingerprint density at radius 3 is 2.05 bits per heavy atom. The average molecular weight is 318 g/mol. The van der Waals surface area contributed by atoms with E-state index in [9.17, 15) is 23.7 Å². The predicted molar refractivity (Wildman–Crippen MR) is 66.8 cm³/mol. The first-order valence-electron chi connectivity index (χ1n) is 6.12. The molecular formula is C10H22O9S. The zero-order chi connectivity index (χ0) is 15.8. The fourth-order valence-corrected chi connectivity index (χ4v) is 1.85. The van der Waals surface area contributed by atoms with Gasteiger partial charge in [0.25, 0.3) is 0 Å². The second-order valence-electron chi connectivity index (χ2n) is 4.17. The molecule has 0 spiro atoms. The maximum Gasteiger partial charge on any atom is 0.399 e. The highest BCUT2D eigenvalue weighted by Crippen LogP contribution is 2.07. The number of aliphatic hydroxyl groups excluding tert-OH is 5. The highest BCUT2D eigenvalue weighted by Gasteiger charge is 2.31. The first-order valence-corrected chi connectivity index (χ1v) is 7.45. The van der Waals surface area contributed by atoms with Gasteiger partial charge in [-0.2, -0.15) is 8.42 Å². The summed E-state index contributed by atoms with van der Waals surface area (Å²) in [5.74, 6) is 0. The summed E-state index contributed by atoms with van der Waals surface area (Å²) in [7, 11) is -4.30. The van der Waals surface area contributed by atoms with Crippen LogP contribution in [0.5, 0.6) is 0 Å². The first kappa shape index (κ1) is 19.7. The summed E-state index contributed by atoms with van der Waals surface area (Å²) in [4.78, 5) is 0. The van der Waals surface area contributed by atoms with Crippen LogP contribution in [0.2, 0.25) is 0 Å². The van der Waals surface area contributed by atoms with Gasteiger partial charge in [0.15, 0.2) is 0 Å². The van der Waals surface area contributed by atoms with Gasteiger partial charge in [-0.15, -0.1) is 0 Å². The summed E-state index contributed by atoms with van der Waals surface area (Å²) in [6.45, 7) is 0.0865. The fraction of sp³-hybridized carbons (Fsp3) is 1.00. The van der Waals surface area contributed by atoms with Crippen LogP contribution in [0.4, 0.5) is 0 Å². The van der Waals surface area contributed by atoms with Crippen LogP contribution in [0, 0.1) is 0 Å². The van der Waals surface area contributed by atoms with Crippen molar-refractivity contribution in [3.63, 3.8) is 0 Å². The van der Waals surface area contributed by atoms with Crippen molar-refractivity contribution in [2.75, 3.05) is 19.8 Å². The highest BCUT2D eigenvalue weighted by molar-refractivity contribution is 7.81. The second kappa shape index (κ2) is 9.58. The minimum atomic E-state index is -4.30. The third-order valence-electron chi connectivity index (χ3n) is 2.43. The molecule has 10 heteroatoms. The number of unbranched alkanes of at least 4 members (excludes halogenated alkanes) is 1. The van der Waals surface area contributed by atoms with Crippen molar-refractivity contribution in [3.05, 3.63) is 0 Å². The van der Waals surface area contributed by atoms with Crippen molar-refractivity contribution in [2.24, 2.45) is 0 Å². The molecule has 0 aromatic carbocycles. The molecule has 4 atom stereocenters. The van der Waals surface area contributed by atoms with Crippen LogP contribution in [-0.2, 0) is 18.8 Å². The van der Waals surface area contributed by atoms with Crippen LogP contribution in [-0.4, -0.2) is 78.2 Å². The van der Waals surface area contributed by atoms with Crippen molar-refractivity contribution in [1.29, 1.82) is 0 Å². The molecule has 0 heterocycles. The molecule has 0 rings (SSSR count). The third kappa shape index (κ3) is 7.45. The zero-order valence-electron chi connectivity index (χ0n) is 11.1. The summed E-state index contributed by atoms with van der Waals surface area (Å²) < 4.78 is 31.1. The molecule has 5 N–H and O–H groups in total. The highest BCUT2D eigenvalue weighted by atomic mass is 32.3. The van der Waals surface area contributed by atoms with Gasteiger partial charge in [-0.1, -0.05) is 13.3 Å². The minimum absolute atomic E-state index is 0.0661. The molecule has 0 aliphatic heterocycles. The van der Waals surface area contributed by atoms with Crippen molar-refractivity contribution < 1.29 is 42.3 Å². The van der Waals surface area contributed by atoms with E-state index >= 15 is 0 Å². The lowest BCUT2D eigenvalue weighted by Crippen LogP contribution is -2.47. The monoisotopic (exact) mass is 318 g/mol. The Bertz CT molecular complexity index is 345. The van der Waals surface area contributed by atoms with Crippen LogP contribution in [0.1, 0.15) is 19.8 Å². The molecule has 122 valence electrons. The molecule has 0 saturated carbocycles. The number of hydrogen-bond acceptors (Lipinski definition) is 9. The topological polar surface area (TPSA) is 154 Å². The van der Waals surface area contributed by atoms with Crippen molar-refractivity contribution in [1.82, 2.24) is 0 Å². The Kier molecular flexibility index (Phi) is 9.42. The Morgan fingerprint density at radius 2 is 1.55 bits per heavy atom.